The van der Waals surface area contributed by atoms with Gasteiger partial charge in [0.1, 0.15) is 28.8 Å². The highest BCUT2D eigenvalue weighted by atomic mass is 32.2. The molecule has 1 unspecified atom stereocenters. The number of imide groups is 1. The van der Waals surface area contributed by atoms with Gasteiger partial charge in [-0.05, 0) is 75.4 Å². The summed E-state index contributed by atoms with van der Waals surface area (Å²) in [6, 6.07) is 7.64. The summed E-state index contributed by atoms with van der Waals surface area (Å²) in [6.45, 7) is -9.46. The Bertz CT molecular complexity index is 2060. The number of fused-ring (bicyclic) bond motifs is 1. The van der Waals surface area contributed by atoms with Crippen LogP contribution in [0.2, 0.25) is 0 Å². The normalized spacial score (nSPS) is 27.9. The van der Waals surface area contributed by atoms with Crippen LogP contribution in [-0.4, -0.2) is 115 Å². The molecule has 4 saturated heterocycles. The minimum Gasteiger partial charge on any atom is -0.493 e. The number of likely N-dealkylation sites (tertiary alicyclic amines) is 1. The third-order valence-corrected chi connectivity index (χ3v) is 10.9. The zero-order valence-corrected chi connectivity index (χ0v) is 29.0. The quantitative estimate of drug-likeness (QED) is 0.237. The maximum atomic E-state index is 15.1. The van der Waals surface area contributed by atoms with Crippen molar-refractivity contribution in [3.05, 3.63) is 58.4 Å². The van der Waals surface area contributed by atoms with Gasteiger partial charge in [-0.1, -0.05) is 0 Å². The Morgan fingerprint density at radius 3 is 2.47 bits per heavy atom. The molecule has 4 aliphatic heterocycles. The minimum atomic E-state index is -3.04. The molecule has 1 aromatic heterocycles. The lowest BCUT2D eigenvalue weighted by Crippen LogP contribution is -2.49. The van der Waals surface area contributed by atoms with E-state index in [1.165, 1.54) is 30.3 Å². The van der Waals surface area contributed by atoms with Crippen molar-refractivity contribution in [2.45, 2.75) is 55.6 Å². The van der Waals surface area contributed by atoms with Crippen LogP contribution >= 0.6 is 11.8 Å². The van der Waals surface area contributed by atoms with E-state index >= 15 is 4.39 Å². The molecule has 12 nitrogen and oxygen atoms in total. The van der Waals surface area contributed by atoms with Crippen LogP contribution in [0.1, 0.15) is 55.3 Å². The molecule has 3 N–H and O–H groups in total. The molecule has 14 heteroatoms. The van der Waals surface area contributed by atoms with Crippen molar-refractivity contribution in [3.8, 4) is 5.75 Å². The summed E-state index contributed by atoms with van der Waals surface area (Å²) in [4.78, 5) is 46.8. The van der Waals surface area contributed by atoms with E-state index < -0.39 is 49.3 Å². The zero-order chi connectivity index (χ0) is 42.3. The number of carbonyl (C=O) groups excluding carboxylic acids is 2. The van der Waals surface area contributed by atoms with Crippen LogP contribution in [0, 0.1) is 11.7 Å². The molecule has 0 bridgehead atoms. The third-order valence-electron chi connectivity index (χ3n) is 9.54. The molecular weight excluding hydrogens is 674 g/mol. The molecule has 2 aromatic carbocycles. The Labute approximate surface area is 313 Å². The second-order valence-corrected chi connectivity index (χ2v) is 14.4. The standard InChI is InChI=1S/C37H48FN7O5S/c38-30-21-28(22-32-35(30)37(48)41-33(40-32)24-51-29-9-19-49-20-10-29)50-23-25-7-11-43(12-8-25)13-14-44-15-17-45(18-16-44)27-3-1-26(2-4-27)39-31-5-6-34(46)42-36(31)47/h1-4,21-22,25,29,31,39H,5-20,23-24H2,(H,40,41,48)(H,42,46,47)/i15D2,16D2,17D2,18D2. The number of benzene rings is 2. The van der Waals surface area contributed by atoms with Crippen LogP contribution in [0.4, 0.5) is 15.8 Å². The third kappa shape index (κ3) is 9.39. The molecule has 0 spiro atoms. The average Bonchev–Trinajstić information content (AvgIpc) is 3.18. The first kappa shape index (κ1) is 27.0. The van der Waals surface area contributed by atoms with Gasteiger partial charge in [-0.3, -0.25) is 24.6 Å². The summed E-state index contributed by atoms with van der Waals surface area (Å²) < 4.78 is 97.6. The van der Waals surface area contributed by atoms with Crippen molar-refractivity contribution in [2.75, 3.05) is 82.2 Å². The first-order valence-electron chi connectivity index (χ1n) is 21.4. The van der Waals surface area contributed by atoms with Crippen molar-refractivity contribution < 1.29 is 34.4 Å². The van der Waals surface area contributed by atoms with E-state index in [1.54, 1.807) is 17.8 Å². The molecule has 4 aliphatic rings. The predicted octanol–water partition coefficient (Wildman–Crippen LogP) is 3.60. The average molecular weight is 730 g/mol. The van der Waals surface area contributed by atoms with E-state index in [9.17, 15) is 14.4 Å². The highest BCUT2D eigenvalue weighted by Gasteiger charge is 2.27. The van der Waals surface area contributed by atoms with E-state index in [0.717, 1.165) is 12.8 Å². The number of amides is 2. The molecule has 7 rings (SSSR count). The van der Waals surface area contributed by atoms with Crippen LogP contribution in [-0.2, 0) is 20.1 Å². The molecule has 3 aromatic rings. The number of thioether (sulfide) groups is 1. The smallest absolute Gasteiger partial charge is 0.261 e. The van der Waals surface area contributed by atoms with Gasteiger partial charge in [-0.15, -0.1) is 0 Å². The van der Waals surface area contributed by atoms with Crippen LogP contribution in [0.5, 0.6) is 5.75 Å². The lowest BCUT2D eigenvalue weighted by Gasteiger charge is -2.38. The number of rotatable bonds is 12. The van der Waals surface area contributed by atoms with Gasteiger partial charge >= 0.3 is 0 Å². The van der Waals surface area contributed by atoms with E-state index in [4.69, 9.17) is 20.4 Å². The van der Waals surface area contributed by atoms with Gasteiger partial charge in [-0.25, -0.2) is 9.37 Å². The molecule has 0 radical (unpaired) electrons. The molecule has 51 heavy (non-hydrogen) atoms. The Morgan fingerprint density at radius 2 is 1.73 bits per heavy atom. The van der Waals surface area contributed by atoms with Crippen molar-refractivity contribution in [2.24, 2.45) is 5.92 Å². The number of aromatic nitrogens is 2. The molecular formula is C37H48FN7O5S. The topological polar surface area (TPSA) is 132 Å². The summed E-state index contributed by atoms with van der Waals surface area (Å²) in [5, 5.41) is 5.51. The fourth-order valence-corrected chi connectivity index (χ4v) is 7.58. The summed E-state index contributed by atoms with van der Waals surface area (Å²) >= 11 is 1.69. The number of aromatic amines is 1. The van der Waals surface area contributed by atoms with Crippen molar-refractivity contribution in [1.29, 1.82) is 0 Å². The fraction of sp³-hybridized carbons (Fsp3) is 0.568. The number of halogens is 1. The molecule has 0 saturated carbocycles. The summed E-state index contributed by atoms with van der Waals surface area (Å²) in [5.41, 5.74) is -0.0105. The fourth-order valence-electron chi connectivity index (χ4n) is 6.53. The van der Waals surface area contributed by atoms with Crippen LogP contribution in [0.25, 0.3) is 10.9 Å². The molecule has 0 aliphatic carbocycles. The number of piperidine rings is 2. The Morgan fingerprint density at radius 1 is 0.980 bits per heavy atom. The summed E-state index contributed by atoms with van der Waals surface area (Å²) in [6.07, 6.45) is 3.58. The van der Waals surface area contributed by atoms with Gasteiger partial charge < -0.3 is 29.6 Å². The highest BCUT2D eigenvalue weighted by Crippen LogP contribution is 2.27. The maximum Gasteiger partial charge on any atom is 0.261 e. The largest absolute Gasteiger partial charge is 0.493 e. The highest BCUT2D eigenvalue weighted by molar-refractivity contribution is 7.99. The summed E-state index contributed by atoms with van der Waals surface area (Å²) in [7, 11) is 0. The predicted molar refractivity (Wildman–Crippen MR) is 197 cm³/mol. The summed E-state index contributed by atoms with van der Waals surface area (Å²) in [5.74, 6) is -0.307. The number of carbonyl (C=O) groups is 2. The number of hydrogen-bond acceptors (Lipinski definition) is 11. The second kappa shape index (κ2) is 16.7. The minimum absolute atomic E-state index is 0.0823. The maximum absolute atomic E-state index is 15.1. The molecule has 1 atom stereocenters. The van der Waals surface area contributed by atoms with Crippen molar-refractivity contribution in [3.63, 3.8) is 0 Å². The SMILES string of the molecule is [2H]C1([2H])N(CCN2CCC(COc3cc(F)c4c(=O)[nH]c(CSC5CCOCC5)nc4c3)CC2)C([2H])([2H])C([2H])([2H])N(c2ccc(NC3CCC(=O)NC3=O)cc2)C1([2H])[2H]. The van der Waals surface area contributed by atoms with Gasteiger partial charge in [0.25, 0.3) is 5.56 Å². The Balaban J connectivity index is 0.942. The van der Waals surface area contributed by atoms with Gasteiger partial charge in [-0.2, -0.15) is 11.8 Å². The first-order valence-corrected chi connectivity index (χ1v) is 18.5. The van der Waals surface area contributed by atoms with Crippen LogP contribution < -0.4 is 25.8 Å². The second-order valence-electron chi connectivity index (χ2n) is 13.2. The number of H-pyrrole nitrogens is 1. The van der Waals surface area contributed by atoms with Crippen LogP contribution in [0.3, 0.4) is 0 Å². The van der Waals surface area contributed by atoms with Crippen molar-refractivity contribution in [1.82, 2.24) is 25.1 Å². The number of nitrogens with zero attached hydrogens (tertiary/aromatic N) is 4. The lowest BCUT2D eigenvalue weighted by atomic mass is 9.98. The Hall–Kier alpha value is -3.72. The molecule has 274 valence electrons. The zero-order valence-electron chi connectivity index (χ0n) is 36.2. The van der Waals surface area contributed by atoms with E-state index in [-0.39, 0.29) is 66.7 Å². The van der Waals surface area contributed by atoms with Crippen molar-refractivity contribution >= 4 is 45.9 Å². The number of nitrogens with one attached hydrogen (secondary N) is 3. The number of anilines is 2. The van der Waals surface area contributed by atoms with Gasteiger partial charge in [0, 0.05) is 93.0 Å². The monoisotopic (exact) mass is 729 g/mol. The van der Waals surface area contributed by atoms with Gasteiger partial charge in [0.2, 0.25) is 11.8 Å². The van der Waals surface area contributed by atoms with E-state index in [0.29, 0.717) is 71.5 Å². The Kier molecular flexibility index (Phi) is 8.85. The first-order chi connectivity index (χ1) is 27.9. The number of piperazine rings is 1. The van der Waals surface area contributed by atoms with Crippen LogP contribution in [0.15, 0.2) is 41.2 Å². The number of hydrogen-bond donors (Lipinski definition) is 3. The van der Waals surface area contributed by atoms with E-state index in [1.807, 2.05) is 4.90 Å². The number of ether oxygens (including phenoxy) is 2. The van der Waals surface area contributed by atoms with E-state index in [2.05, 4.69) is 20.6 Å². The lowest BCUT2D eigenvalue weighted by molar-refractivity contribution is -0.133. The molecule has 5 heterocycles. The molecule has 4 fully saturated rings. The van der Waals surface area contributed by atoms with Gasteiger partial charge in [0.05, 0.1) is 23.4 Å². The molecule has 2 amide bonds. The van der Waals surface area contributed by atoms with Gasteiger partial charge in [0.15, 0.2) is 0 Å².